The predicted octanol–water partition coefficient (Wildman–Crippen LogP) is 5.39. The van der Waals surface area contributed by atoms with E-state index in [0.29, 0.717) is 12.0 Å². The van der Waals surface area contributed by atoms with Crippen molar-refractivity contribution < 1.29 is 14.6 Å². The maximum atomic E-state index is 14.7. The smallest absolute Gasteiger partial charge is 0.127 e. The van der Waals surface area contributed by atoms with Gasteiger partial charge in [0, 0.05) is 12.3 Å². The second kappa shape index (κ2) is 7.83. The number of benzene rings is 2. The summed E-state index contributed by atoms with van der Waals surface area (Å²) in [7, 11) is 0. The molecule has 0 saturated heterocycles. The van der Waals surface area contributed by atoms with E-state index in [0.717, 1.165) is 16.7 Å². The van der Waals surface area contributed by atoms with Crippen LogP contribution in [0.5, 0.6) is 0 Å². The van der Waals surface area contributed by atoms with Gasteiger partial charge in [0.2, 0.25) is 0 Å². The van der Waals surface area contributed by atoms with Gasteiger partial charge >= 0.3 is 0 Å². The van der Waals surface area contributed by atoms with Gasteiger partial charge in [0.15, 0.2) is 0 Å². The van der Waals surface area contributed by atoms with Gasteiger partial charge in [-0.05, 0) is 41.2 Å². The highest BCUT2D eigenvalue weighted by atomic mass is 19.1. The second-order valence-electron chi connectivity index (χ2n) is 7.53. The molecule has 0 aliphatic rings. The summed E-state index contributed by atoms with van der Waals surface area (Å²) in [6, 6.07) is 13.4. The molecule has 134 valence electrons. The zero-order valence-electron chi connectivity index (χ0n) is 15.4. The van der Waals surface area contributed by atoms with Crippen molar-refractivity contribution in [3.8, 4) is 0 Å². The molecular formula is C22H27FO2. The minimum atomic E-state index is -0.263. The SMILES string of the molecule is Cc1ccc([C@@H](C/C(O)=C/CO)c2ccc(C(C)(C)C)c(F)c2)cc1. The average Bonchev–Trinajstić information content (AvgIpc) is 2.52. The Morgan fingerprint density at radius 1 is 1.08 bits per heavy atom. The van der Waals surface area contributed by atoms with Crippen LogP contribution in [0.3, 0.4) is 0 Å². The number of rotatable bonds is 5. The van der Waals surface area contributed by atoms with Crippen LogP contribution in [0.1, 0.15) is 55.4 Å². The molecule has 2 rings (SSSR count). The normalized spacial score (nSPS) is 13.8. The summed E-state index contributed by atoms with van der Waals surface area (Å²) < 4.78 is 14.7. The monoisotopic (exact) mass is 342 g/mol. The van der Waals surface area contributed by atoms with E-state index in [1.165, 1.54) is 6.08 Å². The van der Waals surface area contributed by atoms with Crippen LogP contribution < -0.4 is 0 Å². The van der Waals surface area contributed by atoms with Crippen LogP contribution in [0.15, 0.2) is 54.3 Å². The van der Waals surface area contributed by atoms with E-state index in [4.69, 9.17) is 5.11 Å². The molecule has 2 N–H and O–H groups in total. The van der Waals surface area contributed by atoms with Gasteiger partial charge in [0.25, 0.3) is 0 Å². The first-order chi connectivity index (χ1) is 11.7. The lowest BCUT2D eigenvalue weighted by Gasteiger charge is -2.23. The molecule has 0 amide bonds. The summed E-state index contributed by atoms with van der Waals surface area (Å²) in [4.78, 5) is 0. The van der Waals surface area contributed by atoms with E-state index in [1.807, 2.05) is 64.1 Å². The quantitative estimate of drug-likeness (QED) is 0.715. The van der Waals surface area contributed by atoms with Crippen molar-refractivity contribution >= 4 is 0 Å². The molecule has 0 fully saturated rings. The molecule has 3 heteroatoms. The molecule has 1 atom stereocenters. The molecule has 0 heterocycles. The van der Waals surface area contributed by atoms with E-state index < -0.39 is 0 Å². The fourth-order valence-electron chi connectivity index (χ4n) is 2.98. The highest BCUT2D eigenvalue weighted by Crippen LogP contribution is 2.33. The van der Waals surface area contributed by atoms with Crippen LogP contribution in [0.2, 0.25) is 0 Å². The molecule has 0 aliphatic carbocycles. The predicted molar refractivity (Wildman–Crippen MR) is 101 cm³/mol. The van der Waals surface area contributed by atoms with Gasteiger partial charge in [-0.2, -0.15) is 0 Å². The topological polar surface area (TPSA) is 40.5 Å². The molecule has 2 aromatic rings. The van der Waals surface area contributed by atoms with Gasteiger partial charge in [0.05, 0.1) is 12.4 Å². The first kappa shape index (κ1) is 19.2. The minimum absolute atomic E-state index is 0.105. The fourth-order valence-corrected chi connectivity index (χ4v) is 2.98. The molecule has 0 saturated carbocycles. The summed E-state index contributed by atoms with van der Waals surface area (Å²) in [6.45, 7) is 7.75. The third-order valence-electron chi connectivity index (χ3n) is 4.42. The molecule has 0 bridgehead atoms. The van der Waals surface area contributed by atoms with Crippen LogP contribution in [0.4, 0.5) is 4.39 Å². The molecule has 0 unspecified atom stereocenters. The van der Waals surface area contributed by atoms with Crippen molar-refractivity contribution in [2.24, 2.45) is 0 Å². The number of hydrogen-bond acceptors (Lipinski definition) is 2. The largest absolute Gasteiger partial charge is 0.513 e. The summed E-state index contributed by atoms with van der Waals surface area (Å²) in [6.07, 6.45) is 1.69. The van der Waals surface area contributed by atoms with Gasteiger partial charge in [0.1, 0.15) is 5.82 Å². The number of hydrogen-bond donors (Lipinski definition) is 2. The van der Waals surface area contributed by atoms with Crippen molar-refractivity contribution in [2.45, 2.75) is 45.4 Å². The molecule has 0 aromatic heterocycles. The van der Waals surface area contributed by atoms with Crippen molar-refractivity contribution in [2.75, 3.05) is 6.61 Å². The van der Waals surface area contributed by atoms with Crippen LogP contribution >= 0.6 is 0 Å². The van der Waals surface area contributed by atoms with Crippen molar-refractivity contribution in [3.63, 3.8) is 0 Å². The van der Waals surface area contributed by atoms with Crippen molar-refractivity contribution in [3.05, 3.63) is 82.4 Å². The number of aliphatic hydroxyl groups excluding tert-OH is 2. The molecule has 2 aromatic carbocycles. The molecular weight excluding hydrogens is 315 g/mol. The highest BCUT2D eigenvalue weighted by molar-refractivity contribution is 5.38. The van der Waals surface area contributed by atoms with E-state index in [2.05, 4.69) is 0 Å². The standard InChI is InChI=1S/C22H27FO2/c1-15-5-7-16(8-6-15)19(14-18(25)11-12-24)17-9-10-20(21(23)13-17)22(2,3)4/h5-11,13,19,24-25H,12,14H2,1-4H3/b18-11-/t19-/m1/s1. The van der Waals surface area contributed by atoms with Gasteiger partial charge < -0.3 is 10.2 Å². The first-order valence-corrected chi connectivity index (χ1v) is 8.57. The number of allylic oxidation sites excluding steroid dienone is 1. The Morgan fingerprint density at radius 2 is 1.68 bits per heavy atom. The maximum absolute atomic E-state index is 14.7. The van der Waals surface area contributed by atoms with Gasteiger partial charge in [-0.15, -0.1) is 0 Å². The Balaban J connectivity index is 2.46. The van der Waals surface area contributed by atoms with Gasteiger partial charge in [-0.25, -0.2) is 4.39 Å². The Morgan fingerprint density at radius 3 is 2.20 bits per heavy atom. The molecule has 0 radical (unpaired) electrons. The number of aliphatic hydroxyl groups is 2. The van der Waals surface area contributed by atoms with Crippen LogP contribution in [-0.4, -0.2) is 16.8 Å². The third kappa shape index (κ3) is 4.93. The zero-order valence-corrected chi connectivity index (χ0v) is 15.4. The van der Waals surface area contributed by atoms with Crippen molar-refractivity contribution in [1.82, 2.24) is 0 Å². The summed E-state index contributed by atoms with van der Waals surface area (Å²) >= 11 is 0. The molecule has 2 nitrogen and oxygen atoms in total. The number of halogens is 1. The summed E-state index contributed by atoms with van der Waals surface area (Å²) in [5.74, 6) is -0.298. The Kier molecular flexibility index (Phi) is 6.02. The molecule has 0 aliphatic heterocycles. The van der Waals surface area contributed by atoms with Gasteiger partial charge in [-0.3, -0.25) is 0 Å². The average molecular weight is 342 g/mol. The third-order valence-corrected chi connectivity index (χ3v) is 4.42. The van der Waals surface area contributed by atoms with Crippen LogP contribution in [-0.2, 0) is 5.41 Å². The van der Waals surface area contributed by atoms with Crippen molar-refractivity contribution in [1.29, 1.82) is 0 Å². The summed E-state index contributed by atoms with van der Waals surface area (Å²) in [5.41, 5.74) is 3.38. The molecule has 0 spiro atoms. The van der Waals surface area contributed by atoms with E-state index in [1.54, 1.807) is 6.07 Å². The highest BCUT2D eigenvalue weighted by Gasteiger charge is 2.22. The second-order valence-corrected chi connectivity index (χ2v) is 7.53. The van der Waals surface area contributed by atoms with E-state index in [9.17, 15) is 9.50 Å². The molecule has 25 heavy (non-hydrogen) atoms. The van der Waals surface area contributed by atoms with E-state index in [-0.39, 0.29) is 29.5 Å². The zero-order chi connectivity index (χ0) is 18.6. The van der Waals surface area contributed by atoms with Crippen LogP contribution in [0.25, 0.3) is 0 Å². The lowest BCUT2D eigenvalue weighted by atomic mass is 9.82. The Hall–Kier alpha value is -2.13. The Bertz CT molecular complexity index is 740. The number of aryl methyl sites for hydroxylation is 1. The van der Waals surface area contributed by atoms with E-state index >= 15 is 0 Å². The lowest BCUT2D eigenvalue weighted by molar-refractivity contribution is 0.322. The summed E-state index contributed by atoms with van der Waals surface area (Å²) in [5, 5.41) is 19.1. The van der Waals surface area contributed by atoms with Gasteiger partial charge in [-0.1, -0.05) is 62.7 Å². The Labute approximate surface area is 149 Å². The minimum Gasteiger partial charge on any atom is -0.513 e. The lowest BCUT2D eigenvalue weighted by Crippen LogP contribution is -2.14. The first-order valence-electron chi connectivity index (χ1n) is 8.57. The van der Waals surface area contributed by atoms with Crippen LogP contribution in [0, 0.1) is 12.7 Å². The fraction of sp³-hybridized carbons (Fsp3) is 0.364. The maximum Gasteiger partial charge on any atom is 0.127 e.